The fraction of sp³-hybridized carbons (Fsp3) is 0.526. The van der Waals surface area contributed by atoms with Gasteiger partial charge in [-0.25, -0.2) is 4.98 Å². The summed E-state index contributed by atoms with van der Waals surface area (Å²) in [5.74, 6) is 0.646. The molecule has 1 aliphatic carbocycles. The molecule has 0 saturated heterocycles. The molecule has 1 aliphatic rings. The highest BCUT2D eigenvalue weighted by Gasteiger charge is 2.17. The minimum absolute atomic E-state index is 0.0527. The van der Waals surface area contributed by atoms with Crippen LogP contribution < -0.4 is 10.9 Å². The average Bonchev–Trinajstić information content (AvgIpc) is 2.62. The van der Waals surface area contributed by atoms with Crippen molar-refractivity contribution < 1.29 is 4.79 Å². The molecular weight excluding hydrogens is 316 g/mol. The lowest BCUT2D eigenvalue weighted by Crippen LogP contribution is -2.42. The van der Waals surface area contributed by atoms with Crippen LogP contribution in [0.3, 0.4) is 0 Å². The molecule has 134 valence electrons. The molecule has 1 aromatic heterocycles. The summed E-state index contributed by atoms with van der Waals surface area (Å²) in [6.07, 6.45) is 5.83. The molecule has 0 unspecified atom stereocenters. The largest absolute Gasteiger partial charge is 0.352 e. The van der Waals surface area contributed by atoms with Gasteiger partial charge in [-0.1, -0.05) is 38.3 Å². The summed E-state index contributed by atoms with van der Waals surface area (Å²) >= 11 is 0. The number of para-hydroxylation sites is 1. The van der Waals surface area contributed by atoms with Crippen molar-refractivity contribution >= 4 is 16.8 Å². The van der Waals surface area contributed by atoms with Gasteiger partial charge >= 0.3 is 0 Å². The van der Waals surface area contributed by atoms with Crippen molar-refractivity contribution in [2.75, 3.05) is 13.1 Å². The molecule has 1 heterocycles. The standard InChI is InChI=1S/C19H26N4O2/c1-2-23(13-18(24)20-14-8-4-3-5-9-14)12-17-21-16-11-7-6-10-15(16)19(25)22-17/h6-7,10-11,14H,2-5,8-9,12-13H2,1H3,(H,20,24)(H,21,22,25). The Balaban J connectivity index is 1.63. The van der Waals surface area contributed by atoms with E-state index in [2.05, 4.69) is 15.3 Å². The van der Waals surface area contributed by atoms with Crippen molar-refractivity contribution in [3.8, 4) is 0 Å². The Morgan fingerprint density at radius 2 is 2.04 bits per heavy atom. The highest BCUT2D eigenvalue weighted by molar-refractivity contribution is 5.78. The molecule has 25 heavy (non-hydrogen) atoms. The van der Waals surface area contributed by atoms with Gasteiger partial charge in [-0.2, -0.15) is 0 Å². The molecule has 2 N–H and O–H groups in total. The normalized spacial score (nSPS) is 15.6. The third kappa shape index (κ3) is 4.66. The van der Waals surface area contributed by atoms with Crippen LogP contribution in [0.1, 0.15) is 44.9 Å². The number of likely N-dealkylation sites (N-methyl/N-ethyl adjacent to an activating group) is 1. The molecule has 0 bridgehead atoms. The van der Waals surface area contributed by atoms with E-state index in [1.54, 1.807) is 6.07 Å². The van der Waals surface area contributed by atoms with Crippen molar-refractivity contribution in [2.24, 2.45) is 0 Å². The Morgan fingerprint density at radius 3 is 2.80 bits per heavy atom. The second-order valence-corrected chi connectivity index (χ2v) is 6.74. The van der Waals surface area contributed by atoms with Gasteiger partial charge < -0.3 is 10.3 Å². The number of hydrogen-bond acceptors (Lipinski definition) is 4. The average molecular weight is 342 g/mol. The number of fused-ring (bicyclic) bond motifs is 1. The third-order valence-corrected chi connectivity index (χ3v) is 4.82. The number of nitrogens with one attached hydrogen (secondary N) is 2. The number of nitrogens with zero attached hydrogens (tertiary/aromatic N) is 2. The van der Waals surface area contributed by atoms with E-state index in [9.17, 15) is 9.59 Å². The minimum Gasteiger partial charge on any atom is -0.352 e. The summed E-state index contributed by atoms with van der Waals surface area (Å²) in [7, 11) is 0. The van der Waals surface area contributed by atoms with E-state index in [4.69, 9.17) is 0 Å². The molecule has 2 aromatic rings. The van der Waals surface area contributed by atoms with Crippen LogP contribution in [0, 0.1) is 0 Å². The predicted octanol–water partition coefficient (Wildman–Crippen LogP) is 2.19. The molecule has 1 aromatic carbocycles. The predicted molar refractivity (Wildman–Crippen MR) is 98.3 cm³/mol. The fourth-order valence-corrected chi connectivity index (χ4v) is 3.42. The Labute approximate surface area is 147 Å². The van der Waals surface area contributed by atoms with E-state index < -0.39 is 0 Å². The SMILES string of the molecule is CCN(CC(=O)NC1CCCCC1)Cc1nc2ccccc2c(=O)[nH]1. The lowest BCUT2D eigenvalue weighted by molar-refractivity contribution is -0.123. The third-order valence-electron chi connectivity index (χ3n) is 4.82. The van der Waals surface area contributed by atoms with Crippen LogP contribution in [0.15, 0.2) is 29.1 Å². The van der Waals surface area contributed by atoms with E-state index in [-0.39, 0.29) is 11.5 Å². The van der Waals surface area contributed by atoms with Gasteiger partial charge in [-0.05, 0) is 31.5 Å². The molecule has 6 nitrogen and oxygen atoms in total. The van der Waals surface area contributed by atoms with Gasteiger partial charge in [0.1, 0.15) is 5.82 Å². The van der Waals surface area contributed by atoms with Crippen LogP contribution >= 0.6 is 0 Å². The smallest absolute Gasteiger partial charge is 0.258 e. The summed E-state index contributed by atoms with van der Waals surface area (Å²) in [6.45, 7) is 3.50. The molecule has 6 heteroatoms. The topological polar surface area (TPSA) is 78.1 Å². The van der Waals surface area contributed by atoms with E-state index in [1.165, 1.54) is 19.3 Å². The van der Waals surface area contributed by atoms with Gasteiger partial charge in [-0.15, -0.1) is 0 Å². The number of rotatable bonds is 6. The van der Waals surface area contributed by atoms with E-state index in [0.29, 0.717) is 42.4 Å². The van der Waals surface area contributed by atoms with Crippen molar-refractivity contribution in [3.05, 3.63) is 40.4 Å². The molecule has 0 spiro atoms. The molecule has 3 rings (SSSR count). The molecule has 0 radical (unpaired) electrons. The molecule has 1 saturated carbocycles. The molecular formula is C19H26N4O2. The maximum atomic E-state index is 12.3. The summed E-state index contributed by atoms with van der Waals surface area (Å²) in [6, 6.07) is 7.61. The van der Waals surface area contributed by atoms with Crippen molar-refractivity contribution in [1.29, 1.82) is 0 Å². The van der Waals surface area contributed by atoms with Gasteiger partial charge in [0.2, 0.25) is 5.91 Å². The number of aromatic amines is 1. The van der Waals surface area contributed by atoms with Crippen LogP contribution in [-0.2, 0) is 11.3 Å². The zero-order valence-electron chi connectivity index (χ0n) is 14.8. The van der Waals surface area contributed by atoms with Crippen LogP contribution in [-0.4, -0.2) is 39.9 Å². The van der Waals surface area contributed by atoms with Gasteiger partial charge in [0.25, 0.3) is 5.56 Å². The second kappa shape index (κ2) is 8.25. The zero-order valence-corrected chi connectivity index (χ0v) is 14.8. The van der Waals surface area contributed by atoms with E-state index in [1.807, 2.05) is 30.0 Å². The van der Waals surface area contributed by atoms with Gasteiger partial charge in [0.15, 0.2) is 0 Å². The quantitative estimate of drug-likeness (QED) is 0.843. The molecule has 0 atom stereocenters. The number of H-pyrrole nitrogens is 1. The van der Waals surface area contributed by atoms with Gasteiger partial charge in [0.05, 0.1) is 24.0 Å². The zero-order chi connectivity index (χ0) is 17.6. The van der Waals surface area contributed by atoms with Crippen molar-refractivity contribution in [2.45, 2.75) is 51.6 Å². The maximum absolute atomic E-state index is 12.3. The van der Waals surface area contributed by atoms with E-state index in [0.717, 1.165) is 12.8 Å². The molecule has 1 fully saturated rings. The van der Waals surface area contributed by atoms with Gasteiger partial charge in [0, 0.05) is 6.04 Å². The Hall–Kier alpha value is -2.21. The van der Waals surface area contributed by atoms with Crippen LogP contribution in [0.2, 0.25) is 0 Å². The number of benzene rings is 1. The highest BCUT2D eigenvalue weighted by Crippen LogP contribution is 2.17. The Kier molecular flexibility index (Phi) is 5.81. The lowest BCUT2D eigenvalue weighted by Gasteiger charge is -2.25. The van der Waals surface area contributed by atoms with Gasteiger partial charge in [-0.3, -0.25) is 14.5 Å². The summed E-state index contributed by atoms with van der Waals surface area (Å²) in [5, 5.41) is 3.72. The fourth-order valence-electron chi connectivity index (χ4n) is 3.42. The first-order chi connectivity index (χ1) is 12.2. The van der Waals surface area contributed by atoms with Crippen LogP contribution in [0.4, 0.5) is 0 Å². The van der Waals surface area contributed by atoms with Crippen molar-refractivity contribution in [3.63, 3.8) is 0 Å². The number of hydrogen-bond donors (Lipinski definition) is 2. The van der Waals surface area contributed by atoms with E-state index >= 15 is 0 Å². The minimum atomic E-state index is -0.136. The summed E-state index contributed by atoms with van der Waals surface area (Å²) in [5.41, 5.74) is 0.548. The number of aromatic nitrogens is 2. The van der Waals surface area contributed by atoms with Crippen LogP contribution in [0.5, 0.6) is 0 Å². The first-order valence-corrected chi connectivity index (χ1v) is 9.15. The second-order valence-electron chi connectivity index (χ2n) is 6.74. The summed E-state index contributed by atoms with van der Waals surface area (Å²) < 4.78 is 0. The number of carbonyl (C=O) groups excluding carboxylic acids is 1. The molecule has 0 aliphatic heterocycles. The lowest BCUT2D eigenvalue weighted by atomic mass is 9.95. The highest BCUT2D eigenvalue weighted by atomic mass is 16.2. The van der Waals surface area contributed by atoms with Crippen molar-refractivity contribution in [1.82, 2.24) is 20.2 Å². The molecule has 1 amide bonds. The Morgan fingerprint density at radius 1 is 1.28 bits per heavy atom. The van der Waals surface area contributed by atoms with Crippen LogP contribution in [0.25, 0.3) is 10.9 Å². The first-order valence-electron chi connectivity index (χ1n) is 9.15. The monoisotopic (exact) mass is 342 g/mol. The number of carbonyl (C=O) groups is 1. The maximum Gasteiger partial charge on any atom is 0.258 e. The summed E-state index contributed by atoms with van der Waals surface area (Å²) in [4.78, 5) is 33.8. The first kappa shape index (κ1) is 17.6. The Bertz CT molecular complexity index is 780. The number of amides is 1.